The molecule has 1 N–H and O–H groups in total. The van der Waals surface area contributed by atoms with Gasteiger partial charge in [-0.2, -0.15) is 0 Å². The summed E-state index contributed by atoms with van der Waals surface area (Å²) in [5.41, 5.74) is 2.01. The summed E-state index contributed by atoms with van der Waals surface area (Å²) in [5, 5.41) is 14.1. The fourth-order valence-corrected chi connectivity index (χ4v) is 3.64. The number of nitro benzene ring substituents is 1. The van der Waals surface area contributed by atoms with Gasteiger partial charge in [-0.05, 0) is 48.0 Å². The van der Waals surface area contributed by atoms with Gasteiger partial charge in [0.05, 0.1) is 17.0 Å². The molecule has 1 heterocycles. The molecule has 0 saturated heterocycles. The van der Waals surface area contributed by atoms with Crippen LogP contribution in [0.2, 0.25) is 0 Å². The van der Waals surface area contributed by atoms with E-state index in [0.29, 0.717) is 11.3 Å². The Labute approximate surface area is 195 Å². The van der Waals surface area contributed by atoms with Crippen molar-refractivity contribution in [2.75, 3.05) is 24.3 Å². The summed E-state index contributed by atoms with van der Waals surface area (Å²) >= 11 is 0. The van der Waals surface area contributed by atoms with Crippen molar-refractivity contribution >= 4 is 34.4 Å². The van der Waals surface area contributed by atoms with Crippen molar-refractivity contribution in [2.24, 2.45) is 0 Å². The van der Waals surface area contributed by atoms with E-state index in [1.807, 2.05) is 31.1 Å². The average molecular weight is 460 g/mol. The van der Waals surface area contributed by atoms with E-state index in [9.17, 15) is 24.1 Å². The largest absolute Gasteiger partial charge is 0.378 e. The van der Waals surface area contributed by atoms with Gasteiger partial charge in [0.15, 0.2) is 0 Å². The van der Waals surface area contributed by atoms with Crippen LogP contribution in [0.15, 0.2) is 78.5 Å². The first-order valence-electron chi connectivity index (χ1n) is 10.4. The van der Waals surface area contributed by atoms with Crippen LogP contribution in [0.1, 0.15) is 11.1 Å². The lowest BCUT2D eigenvalue weighted by Gasteiger charge is -2.16. The van der Waals surface area contributed by atoms with Gasteiger partial charge in [-0.3, -0.25) is 24.6 Å². The minimum atomic E-state index is -0.616. The summed E-state index contributed by atoms with van der Waals surface area (Å²) in [7, 11) is 3.80. The molecule has 0 bridgehead atoms. The zero-order chi connectivity index (χ0) is 24.4. The maximum atomic E-state index is 14.2. The number of hydrogen-bond donors (Lipinski definition) is 1. The number of rotatable bonds is 7. The van der Waals surface area contributed by atoms with E-state index in [0.717, 1.165) is 10.6 Å². The predicted octanol–water partition coefficient (Wildman–Crippen LogP) is 4.19. The van der Waals surface area contributed by atoms with Gasteiger partial charge >= 0.3 is 0 Å². The zero-order valence-corrected chi connectivity index (χ0v) is 18.5. The standard InChI is InChI=1S/C25H21FN4O4/c1-28(2)19-13-9-18(10-14-19)27-23-22(16-7-11-20(12-8-16)30(33)34)24(31)29(25(23)32)15-17-5-3-4-6-21(17)26/h3-14,27H,15H2,1-2H3. The van der Waals surface area contributed by atoms with Crippen LogP contribution in [0.5, 0.6) is 0 Å². The van der Waals surface area contributed by atoms with Crippen molar-refractivity contribution in [3.63, 3.8) is 0 Å². The second-order valence-corrected chi connectivity index (χ2v) is 7.91. The van der Waals surface area contributed by atoms with Crippen molar-refractivity contribution in [3.8, 4) is 0 Å². The van der Waals surface area contributed by atoms with Gasteiger partial charge in [-0.15, -0.1) is 0 Å². The number of carbonyl (C=O) groups excluding carboxylic acids is 2. The third-order valence-electron chi connectivity index (χ3n) is 5.47. The summed E-state index contributed by atoms with van der Waals surface area (Å²) in [6, 6.07) is 18.5. The number of nitro groups is 1. The van der Waals surface area contributed by atoms with Gasteiger partial charge < -0.3 is 10.2 Å². The first-order valence-corrected chi connectivity index (χ1v) is 10.4. The molecule has 8 nitrogen and oxygen atoms in total. The molecule has 9 heteroatoms. The van der Waals surface area contributed by atoms with Crippen LogP contribution < -0.4 is 10.2 Å². The highest BCUT2D eigenvalue weighted by molar-refractivity contribution is 6.36. The molecule has 3 aromatic carbocycles. The summed E-state index contributed by atoms with van der Waals surface area (Å²) < 4.78 is 14.2. The van der Waals surface area contributed by atoms with E-state index in [-0.39, 0.29) is 29.1 Å². The Morgan fingerprint density at radius 2 is 1.59 bits per heavy atom. The fraction of sp³-hybridized carbons (Fsp3) is 0.120. The summed E-state index contributed by atoms with van der Waals surface area (Å²) in [5.74, 6) is -1.76. The highest BCUT2D eigenvalue weighted by Gasteiger charge is 2.39. The average Bonchev–Trinajstić information content (AvgIpc) is 3.05. The van der Waals surface area contributed by atoms with Crippen LogP contribution in [0.4, 0.5) is 21.5 Å². The van der Waals surface area contributed by atoms with Crippen LogP contribution in [-0.4, -0.2) is 35.7 Å². The highest BCUT2D eigenvalue weighted by atomic mass is 19.1. The normalized spacial score (nSPS) is 13.4. The van der Waals surface area contributed by atoms with E-state index >= 15 is 0 Å². The second kappa shape index (κ2) is 9.14. The van der Waals surface area contributed by atoms with Crippen molar-refractivity contribution in [2.45, 2.75) is 6.54 Å². The number of imide groups is 1. The second-order valence-electron chi connectivity index (χ2n) is 7.91. The molecule has 4 rings (SSSR count). The van der Waals surface area contributed by atoms with Gasteiger partial charge in [-0.1, -0.05) is 18.2 Å². The Balaban J connectivity index is 1.73. The predicted molar refractivity (Wildman–Crippen MR) is 126 cm³/mol. The van der Waals surface area contributed by atoms with Crippen LogP contribution in [0, 0.1) is 15.9 Å². The third kappa shape index (κ3) is 4.36. The maximum absolute atomic E-state index is 14.2. The first kappa shape index (κ1) is 22.7. The summed E-state index contributed by atoms with van der Waals surface area (Å²) in [6.07, 6.45) is 0. The molecule has 0 unspecified atom stereocenters. The lowest BCUT2D eigenvalue weighted by molar-refractivity contribution is -0.384. The molecule has 0 radical (unpaired) electrons. The minimum Gasteiger partial charge on any atom is -0.378 e. The van der Waals surface area contributed by atoms with Gasteiger partial charge in [0.2, 0.25) is 0 Å². The Bertz CT molecular complexity index is 1300. The Morgan fingerprint density at radius 1 is 0.941 bits per heavy atom. The molecule has 1 aliphatic rings. The molecule has 172 valence electrons. The van der Waals surface area contributed by atoms with E-state index in [1.165, 1.54) is 42.5 Å². The number of anilines is 2. The SMILES string of the molecule is CN(C)c1ccc(NC2=C(c3ccc([N+](=O)[O-])cc3)C(=O)N(Cc3ccccc3F)C2=O)cc1. The number of hydrogen-bond acceptors (Lipinski definition) is 6. The molecular weight excluding hydrogens is 439 g/mol. The Kier molecular flexibility index (Phi) is 6.09. The molecule has 1 aliphatic heterocycles. The van der Waals surface area contributed by atoms with Crippen molar-refractivity contribution in [1.82, 2.24) is 4.90 Å². The monoisotopic (exact) mass is 460 g/mol. The summed E-state index contributed by atoms with van der Waals surface area (Å²) in [6.45, 7) is -0.244. The third-order valence-corrected chi connectivity index (χ3v) is 5.47. The fourth-order valence-electron chi connectivity index (χ4n) is 3.64. The van der Waals surface area contributed by atoms with Crippen molar-refractivity contribution in [1.29, 1.82) is 0 Å². The molecule has 0 aromatic heterocycles. The maximum Gasteiger partial charge on any atom is 0.278 e. The molecule has 2 amide bonds. The van der Waals surface area contributed by atoms with E-state index in [1.54, 1.807) is 18.2 Å². The minimum absolute atomic E-state index is 0.0211. The zero-order valence-electron chi connectivity index (χ0n) is 18.5. The number of amides is 2. The lowest BCUT2D eigenvalue weighted by atomic mass is 10.0. The smallest absolute Gasteiger partial charge is 0.278 e. The number of non-ortho nitro benzene ring substituents is 1. The van der Waals surface area contributed by atoms with Crippen molar-refractivity contribution in [3.05, 3.63) is 106 Å². The lowest BCUT2D eigenvalue weighted by Crippen LogP contribution is -2.32. The molecule has 0 spiro atoms. The van der Waals surface area contributed by atoms with E-state index < -0.39 is 22.6 Å². The Morgan fingerprint density at radius 3 is 2.18 bits per heavy atom. The number of carbonyl (C=O) groups is 2. The molecule has 3 aromatic rings. The quantitative estimate of drug-likeness (QED) is 0.323. The number of halogens is 1. The van der Waals surface area contributed by atoms with E-state index in [4.69, 9.17) is 0 Å². The van der Waals surface area contributed by atoms with Crippen LogP contribution in [0.3, 0.4) is 0 Å². The van der Waals surface area contributed by atoms with Gasteiger partial charge in [0.25, 0.3) is 17.5 Å². The molecular formula is C25H21FN4O4. The van der Waals surface area contributed by atoms with E-state index in [2.05, 4.69) is 5.32 Å². The van der Waals surface area contributed by atoms with Crippen molar-refractivity contribution < 1.29 is 18.9 Å². The number of nitrogens with zero attached hydrogens (tertiary/aromatic N) is 3. The van der Waals surface area contributed by atoms with Crippen LogP contribution in [0.25, 0.3) is 5.57 Å². The first-order chi connectivity index (χ1) is 16.3. The topological polar surface area (TPSA) is 95.8 Å². The van der Waals surface area contributed by atoms with Gasteiger partial charge in [0, 0.05) is 43.2 Å². The molecule has 0 aliphatic carbocycles. The highest BCUT2D eigenvalue weighted by Crippen LogP contribution is 2.33. The summed E-state index contributed by atoms with van der Waals surface area (Å²) in [4.78, 5) is 40.0. The van der Waals surface area contributed by atoms with Crippen LogP contribution >= 0.6 is 0 Å². The Hall–Kier alpha value is -4.53. The van der Waals surface area contributed by atoms with Gasteiger partial charge in [0.1, 0.15) is 11.5 Å². The van der Waals surface area contributed by atoms with Crippen LogP contribution in [-0.2, 0) is 16.1 Å². The molecule has 0 saturated carbocycles. The molecule has 0 fully saturated rings. The number of benzene rings is 3. The molecule has 34 heavy (non-hydrogen) atoms. The molecule has 0 atom stereocenters. The van der Waals surface area contributed by atoms with Gasteiger partial charge in [-0.25, -0.2) is 4.39 Å². The number of nitrogens with one attached hydrogen (secondary N) is 1.